The lowest BCUT2D eigenvalue weighted by atomic mass is 9.98. The Bertz CT molecular complexity index is 1360. The number of carbonyl (C=O) groups excluding carboxylic acids is 1. The van der Waals surface area contributed by atoms with Crippen LogP contribution in [0.1, 0.15) is 52.5 Å². The first-order valence-electron chi connectivity index (χ1n) is 9.44. The molecule has 0 saturated carbocycles. The van der Waals surface area contributed by atoms with E-state index in [4.69, 9.17) is 4.42 Å². The van der Waals surface area contributed by atoms with E-state index in [0.29, 0.717) is 16.1 Å². The van der Waals surface area contributed by atoms with E-state index >= 15 is 0 Å². The predicted molar refractivity (Wildman–Crippen MR) is 112 cm³/mol. The number of halogens is 1. The summed E-state index contributed by atoms with van der Waals surface area (Å²) in [6.07, 6.45) is 0. The van der Waals surface area contributed by atoms with E-state index in [1.807, 2.05) is 13.8 Å². The average molecular weight is 421 g/mol. The van der Waals surface area contributed by atoms with E-state index in [-0.39, 0.29) is 28.2 Å². The van der Waals surface area contributed by atoms with Gasteiger partial charge in [0.1, 0.15) is 22.4 Å². The van der Waals surface area contributed by atoms with Crippen molar-refractivity contribution in [3.63, 3.8) is 0 Å². The van der Waals surface area contributed by atoms with E-state index in [0.717, 1.165) is 5.01 Å². The van der Waals surface area contributed by atoms with Crippen LogP contribution >= 0.6 is 11.3 Å². The fourth-order valence-corrected chi connectivity index (χ4v) is 4.54. The molecule has 1 amide bonds. The van der Waals surface area contributed by atoms with Gasteiger partial charge in [0, 0.05) is 11.5 Å². The van der Waals surface area contributed by atoms with Gasteiger partial charge in [-0.1, -0.05) is 55.5 Å². The number of hydrogen-bond acceptors (Lipinski definition) is 6. The van der Waals surface area contributed by atoms with Gasteiger partial charge in [0.2, 0.25) is 10.9 Å². The minimum absolute atomic E-state index is 0.0896. The number of fused-ring (bicyclic) bond motifs is 2. The van der Waals surface area contributed by atoms with E-state index in [1.165, 1.54) is 22.3 Å². The molecule has 0 fully saturated rings. The minimum Gasteiger partial charge on any atom is -0.450 e. The molecule has 30 heavy (non-hydrogen) atoms. The summed E-state index contributed by atoms with van der Waals surface area (Å²) in [6, 6.07) is 11.8. The average Bonchev–Trinajstić information content (AvgIpc) is 3.32. The van der Waals surface area contributed by atoms with Gasteiger partial charge in [0.15, 0.2) is 5.43 Å². The molecule has 4 aromatic rings. The van der Waals surface area contributed by atoms with Crippen molar-refractivity contribution in [3.8, 4) is 0 Å². The molecule has 0 saturated heterocycles. The Morgan fingerprint density at radius 1 is 1.07 bits per heavy atom. The second-order valence-corrected chi connectivity index (χ2v) is 8.33. The molecule has 150 valence electrons. The van der Waals surface area contributed by atoms with Gasteiger partial charge in [-0.2, -0.15) is 0 Å². The van der Waals surface area contributed by atoms with Gasteiger partial charge in [0.05, 0.1) is 10.9 Å². The van der Waals surface area contributed by atoms with Crippen molar-refractivity contribution < 1.29 is 13.6 Å². The Morgan fingerprint density at radius 3 is 2.53 bits per heavy atom. The smallest absolute Gasteiger partial charge is 0.297 e. The predicted octanol–water partition coefficient (Wildman–Crippen LogP) is 4.66. The summed E-state index contributed by atoms with van der Waals surface area (Å²) in [4.78, 5) is 28.1. The fourth-order valence-electron chi connectivity index (χ4n) is 3.67. The monoisotopic (exact) mass is 421 g/mol. The van der Waals surface area contributed by atoms with Gasteiger partial charge in [-0.05, 0) is 18.2 Å². The lowest BCUT2D eigenvalue weighted by molar-refractivity contribution is 0.0970. The van der Waals surface area contributed by atoms with Gasteiger partial charge < -0.3 is 4.42 Å². The third kappa shape index (κ3) is 2.68. The summed E-state index contributed by atoms with van der Waals surface area (Å²) in [5, 5.41) is 9.70. The Morgan fingerprint density at radius 2 is 1.80 bits per heavy atom. The number of anilines is 1. The lowest BCUT2D eigenvalue weighted by Crippen LogP contribution is -2.30. The number of hydrogen-bond donors (Lipinski definition) is 0. The van der Waals surface area contributed by atoms with Crippen LogP contribution in [0.2, 0.25) is 0 Å². The molecule has 0 bridgehead atoms. The molecule has 1 unspecified atom stereocenters. The Hall–Kier alpha value is -3.39. The van der Waals surface area contributed by atoms with Crippen molar-refractivity contribution in [2.45, 2.75) is 25.8 Å². The molecule has 5 rings (SSSR count). The highest BCUT2D eigenvalue weighted by Gasteiger charge is 2.46. The maximum absolute atomic E-state index is 14.8. The van der Waals surface area contributed by atoms with Crippen molar-refractivity contribution in [1.82, 2.24) is 10.2 Å². The molecule has 3 heterocycles. The van der Waals surface area contributed by atoms with Gasteiger partial charge in [-0.3, -0.25) is 14.5 Å². The number of carbonyl (C=O) groups is 1. The minimum atomic E-state index is -0.984. The summed E-state index contributed by atoms with van der Waals surface area (Å²) < 4.78 is 20.7. The molecule has 1 aliphatic rings. The first-order chi connectivity index (χ1) is 14.5. The van der Waals surface area contributed by atoms with Crippen LogP contribution in [0.5, 0.6) is 0 Å². The molecule has 2 aromatic carbocycles. The fraction of sp³-hybridized carbons (Fsp3) is 0.182. The van der Waals surface area contributed by atoms with Crippen LogP contribution < -0.4 is 10.3 Å². The molecule has 1 aliphatic heterocycles. The number of benzene rings is 2. The molecule has 8 heteroatoms. The van der Waals surface area contributed by atoms with Crippen LogP contribution in [0.25, 0.3) is 11.0 Å². The summed E-state index contributed by atoms with van der Waals surface area (Å²) in [7, 11) is 0. The second-order valence-electron chi connectivity index (χ2n) is 7.35. The van der Waals surface area contributed by atoms with Crippen molar-refractivity contribution in [1.29, 1.82) is 0 Å². The maximum Gasteiger partial charge on any atom is 0.297 e. The molecular formula is C22H16FN3O3S. The summed E-state index contributed by atoms with van der Waals surface area (Å²) in [5.41, 5.74) is 0.270. The van der Waals surface area contributed by atoms with E-state index in [9.17, 15) is 14.0 Å². The maximum atomic E-state index is 14.8. The summed E-state index contributed by atoms with van der Waals surface area (Å²) >= 11 is 1.24. The molecule has 0 N–H and O–H groups in total. The van der Waals surface area contributed by atoms with Crippen molar-refractivity contribution in [2.24, 2.45) is 0 Å². The van der Waals surface area contributed by atoms with Gasteiger partial charge in [0.25, 0.3) is 5.91 Å². The lowest BCUT2D eigenvalue weighted by Gasteiger charge is -2.22. The summed E-state index contributed by atoms with van der Waals surface area (Å²) in [6.45, 7) is 3.94. The van der Waals surface area contributed by atoms with Crippen LogP contribution in [0.4, 0.5) is 9.52 Å². The SMILES string of the molecule is CC(C)c1nnc(N2C(=O)c3oc4ccccc4c(=O)c3C2c2ccccc2F)s1. The Balaban J connectivity index is 1.81. The zero-order valence-electron chi connectivity index (χ0n) is 16.1. The van der Waals surface area contributed by atoms with Gasteiger partial charge in [-0.25, -0.2) is 4.39 Å². The quantitative estimate of drug-likeness (QED) is 0.481. The third-order valence-electron chi connectivity index (χ3n) is 5.11. The number of nitrogens with zero attached hydrogens (tertiary/aromatic N) is 3. The Kier molecular flexibility index (Phi) is 4.25. The number of amides is 1. The van der Waals surface area contributed by atoms with Crippen LogP contribution in [-0.4, -0.2) is 16.1 Å². The van der Waals surface area contributed by atoms with Crippen LogP contribution in [0.15, 0.2) is 57.7 Å². The zero-order valence-corrected chi connectivity index (χ0v) is 16.9. The second kappa shape index (κ2) is 6.84. The van der Waals surface area contributed by atoms with E-state index in [1.54, 1.807) is 42.5 Å². The largest absolute Gasteiger partial charge is 0.450 e. The van der Waals surface area contributed by atoms with Gasteiger partial charge in [-0.15, -0.1) is 10.2 Å². The van der Waals surface area contributed by atoms with Crippen LogP contribution in [-0.2, 0) is 0 Å². The molecule has 0 radical (unpaired) electrons. The third-order valence-corrected chi connectivity index (χ3v) is 6.33. The first kappa shape index (κ1) is 18.6. The first-order valence-corrected chi connectivity index (χ1v) is 10.3. The molecule has 0 aliphatic carbocycles. The van der Waals surface area contributed by atoms with Crippen molar-refractivity contribution in [3.05, 3.63) is 86.5 Å². The standard InChI is InChI=1S/C22H16FN3O3S/c1-11(2)20-24-25-22(30-20)26-17(12-7-3-5-9-14(12)23)16-18(27)13-8-4-6-10-15(13)29-19(16)21(26)28/h3-11,17H,1-2H3. The van der Waals surface area contributed by atoms with E-state index < -0.39 is 17.8 Å². The zero-order chi connectivity index (χ0) is 21.0. The van der Waals surface area contributed by atoms with Crippen molar-refractivity contribution >= 4 is 33.3 Å². The van der Waals surface area contributed by atoms with Gasteiger partial charge >= 0.3 is 0 Å². The number of rotatable bonds is 3. The number of para-hydroxylation sites is 1. The molecule has 2 aromatic heterocycles. The Labute approximate surface area is 174 Å². The van der Waals surface area contributed by atoms with Crippen molar-refractivity contribution in [2.75, 3.05) is 4.90 Å². The topological polar surface area (TPSA) is 76.3 Å². The summed E-state index contributed by atoms with van der Waals surface area (Å²) in [5.74, 6) is -1.03. The van der Waals surface area contributed by atoms with Crippen LogP contribution in [0.3, 0.4) is 0 Å². The molecule has 0 spiro atoms. The number of aromatic nitrogens is 2. The molecule has 1 atom stereocenters. The normalized spacial score (nSPS) is 15.9. The highest BCUT2D eigenvalue weighted by atomic mass is 32.1. The highest BCUT2D eigenvalue weighted by Crippen LogP contribution is 2.43. The van der Waals surface area contributed by atoms with E-state index in [2.05, 4.69) is 10.2 Å². The molecular weight excluding hydrogens is 405 g/mol. The highest BCUT2D eigenvalue weighted by molar-refractivity contribution is 7.15. The molecule has 6 nitrogen and oxygen atoms in total. The van der Waals surface area contributed by atoms with Crippen LogP contribution in [0, 0.1) is 5.82 Å².